The molecule has 1 saturated carbocycles. The Hall–Kier alpha value is -1.32. The number of ketones is 1. The Morgan fingerprint density at radius 2 is 1.76 bits per heavy atom. The Labute approximate surface area is 103 Å². The van der Waals surface area contributed by atoms with Gasteiger partial charge in [-0.3, -0.25) is 4.79 Å². The molecule has 0 aliphatic heterocycles. The molecule has 0 bridgehead atoms. The molecule has 0 amide bonds. The molecule has 0 atom stereocenters. The van der Waals surface area contributed by atoms with E-state index in [2.05, 4.69) is 4.74 Å². The fraction of sp³-hybridized carbons (Fsp3) is 0.692. The maximum Gasteiger partial charge on any atom is 0.342 e. The van der Waals surface area contributed by atoms with Gasteiger partial charge in [0.05, 0.1) is 7.11 Å². The zero-order valence-corrected chi connectivity index (χ0v) is 10.9. The molecule has 1 rings (SSSR count). The van der Waals surface area contributed by atoms with Crippen LogP contribution >= 0.6 is 0 Å². The lowest BCUT2D eigenvalue weighted by Gasteiger charge is -2.21. The Morgan fingerprint density at radius 3 is 2.24 bits per heavy atom. The molecule has 0 heterocycles. The van der Waals surface area contributed by atoms with Gasteiger partial charge >= 0.3 is 5.97 Å². The molecule has 0 radical (unpaired) electrons. The van der Waals surface area contributed by atoms with Crippen LogP contribution in [0.25, 0.3) is 0 Å². The minimum Gasteiger partial charge on any atom is -0.465 e. The highest BCUT2D eigenvalue weighted by molar-refractivity contribution is 6.17. The van der Waals surface area contributed by atoms with Crippen molar-refractivity contribution in [1.29, 1.82) is 0 Å². The summed E-state index contributed by atoms with van der Waals surface area (Å²) < 4.78 is 4.67. The molecule has 96 valence electrons. The van der Waals surface area contributed by atoms with Crippen LogP contribution in [0.3, 0.4) is 0 Å². The van der Waals surface area contributed by atoms with Crippen molar-refractivity contribution in [2.75, 3.05) is 21.2 Å². The molecule has 0 aromatic carbocycles. The van der Waals surface area contributed by atoms with Crippen LogP contribution in [0.15, 0.2) is 11.8 Å². The summed E-state index contributed by atoms with van der Waals surface area (Å²) in [7, 11) is 4.88. The van der Waals surface area contributed by atoms with Gasteiger partial charge in [-0.15, -0.1) is 0 Å². The van der Waals surface area contributed by atoms with E-state index in [-0.39, 0.29) is 17.3 Å². The predicted molar refractivity (Wildman–Crippen MR) is 65.4 cm³/mol. The Bertz CT molecular complexity index is 315. The van der Waals surface area contributed by atoms with Crippen molar-refractivity contribution in [2.24, 2.45) is 5.92 Å². The van der Waals surface area contributed by atoms with E-state index in [1.807, 2.05) is 0 Å². The molecule has 0 saturated heterocycles. The number of nitrogens with zero attached hydrogens (tertiary/aromatic N) is 1. The lowest BCUT2D eigenvalue weighted by atomic mass is 9.84. The second-order valence-corrected chi connectivity index (χ2v) is 4.70. The van der Waals surface area contributed by atoms with Crippen molar-refractivity contribution >= 4 is 11.8 Å². The average Bonchev–Trinajstić information content (AvgIpc) is 2.35. The summed E-state index contributed by atoms with van der Waals surface area (Å²) in [4.78, 5) is 25.5. The molecule has 0 spiro atoms. The van der Waals surface area contributed by atoms with Gasteiger partial charge in [0, 0.05) is 26.2 Å². The molecule has 4 heteroatoms. The molecule has 0 N–H and O–H groups in total. The molecule has 0 unspecified atom stereocenters. The Kier molecular flexibility index (Phi) is 5.19. The van der Waals surface area contributed by atoms with E-state index in [0.29, 0.717) is 0 Å². The largest absolute Gasteiger partial charge is 0.465 e. The zero-order valence-electron chi connectivity index (χ0n) is 10.9. The maximum absolute atomic E-state index is 12.2. The molecule has 0 aromatic rings. The van der Waals surface area contributed by atoms with Crippen molar-refractivity contribution in [1.82, 2.24) is 4.90 Å². The monoisotopic (exact) mass is 239 g/mol. The quantitative estimate of drug-likeness (QED) is 0.324. The Balaban J connectivity index is 2.82. The van der Waals surface area contributed by atoms with Gasteiger partial charge in [0.25, 0.3) is 0 Å². The summed E-state index contributed by atoms with van der Waals surface area (Å²) in [6, 6.07) is 0. The van der Waals surface area contributed by atoms with Gasteiger partial charge in [-0.05, 0) is 12.8 Å². The summed E-state index contributed by atoms with van der Waals surface area (Å²) in [5, 5.41) is 0. The number of Topliss-reactive ketones (excluding diaryl/α,β-unsaturated/α-hetero) is 1. The summed E-state index contributed by atoms with van der Waals surface area (Å²) in [6.45, 7) is 0. The topological polar surface area (TPSA) is 46.6 Å². The summed E-state index contributed by atoms with van der Waals surface area (Å²) in [6.07, 6.45) is 6.68. The van der Waals surface area contributed by atoms with Crippen molar-refractivity contribution < 1.29 is 14.3 Å². The van der Waals surface area contributed by atoms with E-state index in [9.17, 15) is 9.59 Å². The number of hydrogen-bond donors (Lipinski definition) is 0. The van der Waals surface area contributed by atoms with Gasteiger partial charge in [-0.25, -0.2) is 4.79 Å². The van der Waals surface area contributed by atoms with E-state index in [4.69, 9.17) is 0 Å². The van der Waals surface area contributed by atoms with Gasteiger partial charge in [-0.1, -0.05) is 19.3 Å². The second kappa shape index (κ2) is 6.42. The zero-order chi connectivity index (χ0) is 12.8. The van der Waals surface area contributed by atoms with Crippen molar-refractivity contribution in [2.45, 2.75) is 32.1 Å². The number of carbonyl (C=O) groups is 2. The minimum atomic E-state index is -0.533. The van der Waals surface area contributed by atoms with E-state index < -0.39 is 5.97 Å². The van der Waals surface area contributed by atoms with E-state index in [1.54, 1.807) is 25.2 Å². The number of esters is 1. The lowest BCUT2D eigenvalue weighted by Crippen LogP contribution is -2.25. The first-order chi connectivity index (χ1) is 8.06. The number of carbonyl (C=O) groups excluding carboxylic acids is 2. The Morgan fingerprint density at radius 1 is 1.18 bits per heavy atom. The van der Waals surface area contributed by atoms with Crippen molar-refractivity contribution in [3.8, 4) is 0 Å². The minimum absolute atomic E-state index is 0.00551. The smallest absolute Gasteiger partial charge is 0.342 e. The molecular formula is C13H21NO3. The first-order valence-electron chi connectivity index (χ1n) is 6.07. The van der Waals surface area contributed by atoms with Crippen LogP contribution in [0.4, 0.5) is 0 Å². The lowest BCUT2D eigenvalue weighted by molar-refractivity contribution is -0.138. The first kappa shape index (κ1) is 13.7. The third kappa shape index (κ3) is 3.88. The fourth-order valence-electron chi connectivity index (χ4n) is 2.17. The van der Waals surface area contributed by atoms with E-state index >= 15 is 0 Å². The maximum atomic E-state index is 12.2. The standard InChI is InChI=1S/C13H21NO3/c1-14(2)9-11(13(16)17-3)12(15)10-7-5-4-6-8-10/h9-10H,4-8H2,1-3H3. The molecule has 4 nitrogen and oxygen atoms in total. The highest BCUT2D eigenvalue weighted by Crippen LogP contribution is 2.26. The van der Waals surface area contributed by atoms with Gasteiger partial charge in [0.15, 0.2) is 5.78 Å². The normalized spacial score (nSPS) is 17.7. The molecule has 1 fully saturated rings. The van der Waals surface area contributed by atoms with Crippen molar-refractivity contribution in [3.63, 3.8) is 0 Å². The highest BCUT2D eigenvalue weighted by atomic mass is 16.5. The van der Waals surface area contributed by atoms with Gasteiger partial charge < -0.3 is 9.64 Å². The molecule has 17 heavy (non-hydrogen) atoms. The third-order valence-corrected chi connectivity index (χ3v) is 3.03. The SMILES string of the molecule is COC(=O)C(=CN(C)C)C(=O)C1CCCCC1. The van der Waals surface area contributed by atoms with E-state index in [0.717, 1.165) is 25.7 Å². The molecule has 1 aliphatic carbocycles. The number of rotatable bonds is 4. The van der Waals surface area contributed by atoms with Crippen LogP contribution in [0.1, 0.15) is 32.1 Å². The third-order valence-electron chi connectivity index (χ3n) is 3.03. The second-order valence-electron chi connectivity index (χ2n) is 4.70. The van der Waals surface area contributed by atoms with Crippen LogP contribution < -0.4 is 0 Å². The van der Waals surface area contributed by atoms with Crippen LogP contribution in [-0.2, 0) is 14.3 Å². The van der Waals surface area contributed by atoms with Crippen LogP contribution in [-0.4, -0.2) is 37.9 Å². The van der Waals surface area contributed by atoms with Crippen LogP contribution in [0.2, 0.25) is 0 Å². The van der Waals surface area contributed by atoms with Crippen LogP contribution in [0, 0.1) is 5.92 Å². The molecule has 0 aromatic heterocycles. The van der Waals surface area contributed by atoms with E-state index in [1.165, 1.54) is 13.5 Å². The van der Waals surface area contributed by atoms with Crippen molar-refractivity contribution in [3.05, 3.63) is 11.8 Å². The average molecular weight is 239 g/mol. The van der Waals surface area contributed by atoms with Gasteiger partial charge in [0.1, 0.15) is 5.57 Å². The summed E-state index contributed by atoms with van der Waals surface area (Å²) in [5.74, 6) is -0.603. The fourth-order valence-corrected chi connectivity index (χ4v) is 2.17. The number of hydrogen-bond acceptors (Lipinski definition) is 4. The molecule has 1 aliphatic rings. The number of methoxy groups -OCH3 is 1. The summed E-state index contributed by atoms with van der Waals surface area (Å²) in [5.41, 5.74) is 0.171. The van der Waals surface area contributed by atoms with Gasteiger partial charge in [0.2, 0.25) is 0 Å². The highest BCUT2D eigenvalue weighted by Gasteiger charge is 2.28. The number of ether oxygens (including phenoxy) is 1. The first-order valence-corrected chi connectivity index (χ1v) is 6.07. The van der Waals surface area contributed by atoms with Crippen LogP contribution in [0.5, 0.6) is 0 Å². The summed E-state index contributed by atoms with van der Waals surface area (Å²) >= 11 is 0. The predicted octanol–water partition coefficient (Wildman–Crippen LogP) is 1.75. The van der Waals surface area contributed by atoms with Gasteiger partial charge in [-0.2, -0.15) is 0 Å². The molecular weight excluding hydrogens is 218 g/mol.